The fraction of sp³-hybridized carbons (Fsp3) is 0.200. The van der Waals surface area contributed by atoms with Crippen LogP contribution in [0, 0.1) is 5.82 Å². The number of aryl methyl sites for hydroxylation is 1. The molecule has 1 aromatic carbocycles. The number of primary amides is 1. The average Bonchev–Trinajstić information content (AvgIpc) is 2.97. The lowest BCUT2D eigenvalue weighted by Gasteiger charge is -2.08. The van der Waals surface area contributed by atoms with Crippen molar-refractivity contribution in [1.82, 2.24) is 0 Å². The maximum atomic E-state index is 13.1. The van der Waals surface area contributed by atoms with Gasteiger partial charge in [0, 0.05) is 10.6 Å². The highest BCUT2D eigenvalue weighted by Crippen LogP contribution is 2.38. The number of carbonyl (C=O) groups excluding carboxylic acids is 2. The Balaban J connectivity index is 1.78. The number of hydrogen-bond acceptors (Lipinski definition) is 3. The molecule has 3 rings (SSSR count). The number of amides is 3. The summed E-state index contributed by atoms with van der Waals surface area (Å²) >= 11 is 1.37. The predicted octanol–water partition coefficient (Wildman–Crippen LogP) is 3.12. The number of thiophene rings is 1. The van der Waals surface area contributed by atoms with Crippen molar-refractivity contribution in [2.24, 2.45) is 5.73 Å². The summed E-state index contributed by atoms with van der Waals surface area (Å²) in [6, 6.07) is 5.04. The first-order valence-corrected chi connectivity index (χ1v) is 7.64. The minimum absolute atomic E-state index is 0.335. The van der Waals surface area contributed by atoms with Gasteiger partial charge in [0.25, 0.3) is 5.91 Å². The third-order valence-electron chi connectivity index (χ3n) is 3.48. The zero-order chi connectivity index (χ0) is 15.7. The van der Waals surface area contributed by atoms with E-state index in [-0.39, 0.29) is 0 Å². The molecule has 7 heteroatoms. The van der Waals surface area contributed by atoms with Crippen molar-refractivity contribution in [3.05, 3.63) is 46.1 Å². The van der Waals surface area contributed by atoms with Gasteiger partial charge in [-0.2, -0.15) is 0 Å². The molecule has 1 aliphatic carbocycles. The van der Waals surface area contributed by atoms with Crippen LogP contribution in [0.2, 0.25) is 0 Å². The third-order valence-corrected chi connectivity index (χ3v) is 4.68. The molecule has 0 radical (unpaired) electrons. The molecule has 0 atom stereocenters. The van der Waals surface area contributed by atoms with E-state index in [0.717, 1.165) is 29.7 Å². The van der Waals surface area contributed by atoms with Gasteiger partial charge in [0.1, 0.15) is 10.8 Å². The van der Waals surface area contributed by atoms with E-state index in [1.807, 2.05) is 0 Å². The second kappa shape index (κ2) is 5.76. The summed E-state index contributed by atoms with van der Waals surface area (Å²) < 4.78 is 13.1. The molecular formula is C15H14FN3O2S. The maximum Gasteiger partial charge on any atom is 0.324 e. The SMILES string of the molecule is NC(=O)c1c(NC(=O)Nc2cccc(F)c2)sc2c1CCC2. The van der Waals surface area contributed by atoms with Gasteiger partial charge in [-0.1, -0.05) is 6.07 Å². The molecule has 0 saturated heterocycles. The summed E-state index contributed by atoms with van der Waals surface area (Å²) in [5.74, 6) is -0.980. The Labute approximate surface area is 130 Å². The number of rotatable bonds is 3. The van der Waals surface area contributed by atoms with E-state index in [0.29, 0.717) is 16.3 Å². The standard InChI is InChI=1S/C15H14FN3O2S/c16-8-3-1-4-9(7-8)18-15(21)19-14-12(13(17)20)10-5-2-6-11(10)22-14/h1,3-4,7H,2,5-6H2,(H2,17,20)(H2,18,19,21). The quantitative estimate of drug-likeness (QED) is 0.812. The number of hydrogen-bond donors (Lipinski definition) is 3. The van der Waals surface area contributed by atoms with Crippen LogP contribution in [0.25, 0.3) is 0 Å². The molecule has 3 amide bonds. The fourth-order valence-corrected chi connectivity index (χ4v) is 3.87. The molecule has 0 saturated carbocycles. The largest absolute Gasteiger partial charge is 0.365 e. The second-order valence-electron chi connectivity index (χ2n) is 5.02. The normalized spacial score (nSPS) is 12.8. The number of anilines is 2. The lowest BCUT2D eigenvalue weighted by Crippen LogP contribution is -2.22. The number of halogens is 1. The molecule has 5 nitrogen and oxygen atoms in total. The smallest absolute Gasteiger partial charge is 0.324 e. The van der Waals surface area contributed by atoms with Gasteiger partial charge in [-0.3, -0.25) is 10.1 Å². The first-order chi connectivity index (χ1) is 10.5. The molecule has 0 spiro atoms. The van der Waals surface area contributed by atoms with Crippen LogP contribution in [0.15, 0.2) is 24.3 Å². The van der Waals surface area contributed by atoms with E-state index in [9.17, 15) is 14.0 Å². The highest BCUT2D eigenvalue weighted by atomic mass is 32.1. The number of urea groups is 1. The van der Waals surface area contributed by atoms with Gasteiger partial charge in [-0.25, -0.2) is 9.18 Å². The van der Waals surface area contributed by atoms with E-state index in [1.165, 1.54) is 29.5 Å². The predicted molar refractivity (Wildman–Crippen MR) is 83.9 cm³/mol. The fourth-order valence-electron chi connectivity index (χ4n) is 2.58. The van der Waals surface area contributed by atoms with Crippen LogP contribution in [0.3, 0.4) is 0 Å². The number of nitrogens with two attached hydrogens (primary N) is 1. The Bertz CT molecular complexity index is 757. The monoisotopic (exact) mass is 319 g/mol. The van der Waals surface area contributed by atoms with Gasteiger partial charge in [0.2, 0.25) is 0 Å². The Hall–Kier alpha value is -2.41. The minimum atomic E-state index is -0.541. The van der Waals surface area contributed by atoms with Gasteiger partial charge < -0.3 is 11.1 Å². The molecule has 1 heterocycles. The zero-order valence-corrected chi connectivity index (χ0v) is 12.4. The van der Waals surface area contributed by atoms with Crippen molar-refractivity contribution >= 4 is 34.0 Å². The summed E-state index contributed by atoms with van der Waals surface area (Å²) in [5.41, 5.74) is 7.10. The van der Waals surface area contributed by atoms with E-state index >= 15 is 0 Å². The average molecular weight is 319 g/mol. The lowest BCUT2D eigenvalue weighted by atomic mass is 10.1. The molecule has 1 aromatic heterocycles. The minimum Gasteiger partial charge on any atom is -0.365 e. The van der Waals surface area contributed by atoms with Crippen LogP contribution in [0.1, 0.15) is 27.2 Å². The van der Waals surface area contributed by atoms with Gasteiger partial charge in [0.15, 0.2) is 0 Å². The van der Waals surface area contributed by atoms with Gasteiger partial charge >= 0.3 is 6.03 Å². The highest BCUT2D eigenvalue weighted by molar-refractivity contribution is 7.17. The Morgan fingerprint density at radius 3 is 2.77 bits per heavy atom. The topological polar surface area (TPSA) is 84.2 Å². The van der Waals surface area contributed by atoms with Gasteiger partial charge in [-0.15, -0.1) is 11.3 Å². The van der Waals surface area contributed by atoms with E-state index in [1.54, 1.807) is 6.07 Å². The molecule has 4 N–H and O–H groups in total. The number of fused-ring (bicyclic) bond motifs is 1. The van der Waals surface area contributed by atoms with Crippen molar-refractivity contribution in [3.63, 3.8) is 0 Å². The number of benzene rings is 1. The van der Waals surface area contributed by atoms with Gasteiger partial charge in [0.05, 0.1) is 5.56 Å². The molecular weight excluding hydrogens is 305 g/mol. The molecule has 1 aliphatic rings. The van der Waals surface area contributed by atoms with E-state index in [2.05, 4.69) is 10.6 Å². The summed E-state index contributed by atoms with van der Waals surface area (Å²) in [6.45, 7) is 0. The van der Waals surface area contributed by atoms with Crippen LogP contribution in [0.5, 0.6) is 0 Å². The molecule has 0 fully saturated rings. The van der Waals surface area contributed by atoms with Gasteiger partial charge in [-0.05, 0) is 43.0 Å². The van der Waals surface area contributed by atoms with E-state index in [4.69, 9.17) is 5.73 Å². The molecule has 22 heavy (non-hydrogen) atoms. The lowest BCUT2D eigenvalue weighted by molar-refractivity contribution is 0.100. The molecule has 2 aromatic rings. The van der Waals surface area contributed by atoms with Crippen molar-refractivity contribution < 1.29 is 14.0 Å². The molecule has 114 valence electrons. The van der Waals surface area contributed by atoms with Crippen LogP contribution in [0.4, 0.5) is 19.9 Å². The van der Waals surface area contributed by atoms with Crippen LogP contribution in [-0.2, 0) is 12.8 Å². The third kappa shape index (κ3) is 2.80. The Morgan fingerprint density at radius 1 is 1.23 bits per heavy atom. The van der Waals surface area contributed by atoms with Crippen LogP contribution in [-0.4, -0.2) is 11.9 Å². The second-order valence-corrected chi connectivity index (χ2v) is 6.12. The van der Waals surface area contributed by atoms with Crippen molar-refractivity contribution in [2.45, 2.75) is 19.3 Å². The zero-order valence-electron chi connectivity index (χ0n) is 11.6. The Morgan fingerprint density at radius 2 is 2.05 bits per heavy atom. The van der Waals surface area contributed by atoms with Crippen molar-refractivity contribution in [1.29, 1.82) is 0 Å². The van der Waals surface area contributed by atoms with Crippen molar-refractivity contribution in [2.75, 3.05) is 10.6 Å². The molecule has 0 aliphatic heterocycles. The summed E-state index contributed by atoms with van der Waals surface area (Å²) in [5, 5.41) is 5.61. The molecule has 0 bridgehead atoms. The molecule has 0 unspecified atom stereocenters. The van der Waals surface area contributed by atoms with Crippen LogP contribution >= 0.6 is 11.3 Å². The number of carbonyl (C=O) groups is 2. The Kier molecular flexibility index (Phi) is 3.81. The van der Waals surface area contributed by atoms with E-state index < -0.39 is 17.8 Å². The van der Waals surface area contributed by atoms with Crippen LogP contribution < -0.4 is 16.4 Å². The summed E-state index contributed by atoms with van der Waals surface area (Å²) in [6.07, 6.45) is 2.70. The maximum absolute atomic E-state index is 13.1. The summed E-state index contributed by atoms with van der Waals surface area (Å²) in [7, 11) is 0. The number of nitrogens with one attached hydrogen (secondary N) is 2. The highest BCUT2D eigenvalue weighted by Gasteiger charge is 2.26. The first kappa shape index (κ1) is 14.5. The first-order valence-electron chi connectivity index (χ1n) is 6.82. The summed E-state index contributed by atoms with van der Waals surface area (Å²) in [4.78, 5) is 24.7. The van der Waals surface area contributed by atoms with Crippen molar-refractivity contribution in [3.8, 4) is 0 Å².